The molecule has 2 aromatic rings. The van der Waals surface area contributed by atoms with Crippen molar-refractivity contribution in [1.29, 1.82) is 0 Å². The smallest absolute Gasteiger partial charge is 0.341 e. The van der Waals surface area contributed by atoms with Crippen molar-refractivity contribution in [3.8, 4) is 5.75 Å². The van der Waals surface area contributed by atoms with Gasteiger partial charge in [-0.2, -0.15) is 5.10 Å². The summed E-state index contributed by atoms with van der Waals surface area (Å²) in [5.41, 5.74) is 3.90. The van der Waals surface area contributed by atoms with Crippen molar-refractivity contribution in [2.24, 2.45) is 5.10 Å². The first-order valence-corrected chi connectivity index (χ1v) is 7.58. The second-order valence-electron chi connectivity index (χ2n) is 4.58. The quantitative estimate of drug-likeness (QED) is 0.592. The van der Waals surface area contributed by atoms with E-state index < -0.39 is 5.97 Å². The first-order valence-electron chi connectivity index (χ1n) is 6.70. The van der Waals surface area contributed by atoms with Crippen LogP contribution in [0.25, 0.3) is 0 Å². The minimum atomic E-state index is -1.03. The second-order valence-corrected chi connectivity index (χ2v) is 5.64. The SMILES string of the molecule is Cc1nc(CC(=O)N/N=C\c2ccc(OCC(=O)O)cc2)cs1. The number of benzene rings is 1. The highest BCUT2D eigenvalue weighted by Crippen LogP contribution is 2.11. The predicted molar refractivity (Wildman–Crippen MR) is 85.9 cm³/mol. The van der Waals surface area contributed by atoms with Gasteiger partial charge < -0.3 is 9.84 Å². The maximum absolute atomic E-state index is 11.7. The van der Waals surface area contributed by atoms with Gasteiger partial charge in [-0.15, -0.1) is 11.3 Å². The molecule has 7 nitrogen and oxygen atoms in total. The number of aryl methyl sites for hydroxylation is 1. The van der Waals surface area contributed by atoms with Crippen LogP contribution in [0.3, 0.4) is 0 Å². The zero-order chi connectivity index (χ0) is 16.7. The summed E-state index contributed by atoms with van der Waals surface area (Å²) in [7, 11) is 0. The summed E-state index contributed by atoms with van der Waals surface area (Å²) in [6, 6.07) is 6.67. The average molecular weight is 333 g/mol. The van der Waals surface area contributed by atoms with Gasteiger partial charge in [0, 0.05) is 5.38 Å². The molecule has 0 bridgehead atoms. The molecule has 0 aliphatic rings. The van der Waals surface area contributed by atoms with Crippen LogP contribution in [-0.2, 0) is 16.0 Å². The van der Waals surface area contributed by atoms with E-state index in [0.717, 1.165) is 16.3 Å². The number of ether oxygens (including phenoxy) is 1. The Labute approximate surface area is 136 Å². The summed E-state index contributed by atoms with van der Waals surface area (Å²) in [5, 5.41) is 15.1. The van der Waals surface area contributed by atoms with E-state index in [1.165, 1.54) is 17.6 Å². The maximum atomic E-state index is 11.7. The molecule has 0 fully saturated rings. The van der Waals surface area contributed by atoms with Gasteiger partial charge in [-0.05, 0) is 36.8 Å². The molecule has 23 heavy (non-hydrogen) atoms. The number of nitrogens with one attached hydrogen (secondary N) is 1. The van der Waals surface area contributed by atoms with E-state index in [1.54, 1.807) is 24.3 Å². The lowest BCUT2D eigenvalue weighted by Crippen LogP contribution is -2.19. The fourth-order valence-corrected chi connectivity index (χ4v) is 2.28. The Balaban J connectivity index is 1.80. The molecule has 0 aliphatic carbocycles. The number of nitrogens with zero attached hydrogens (tertiary/aromatic N) is 2. The predicted octanol–water partition coefficient (Wildman–Crippen LogP) is 1.61. The average Bonchev–Trinajstić information content (AvgIpc) is 2.91. The Morgan fingerprint density at radius 3 is 2.74 bits per heavy atom. The first kappa shape index (κ1) is 16.6. The van der Waals surface area contributed by atoms with Crippen LogP contribution >= 0.6 is 11.3 Å². The first-order chi connectivity index (χ1) is 11.0. The van der Waals surface area contributed by atoms with Crippen LogP contribution in [0.15, 0.2) is 34.7 Å². The zero-order valence-corrected chi connectivity index (χ0v) is 13.2. The largest absolute Gasteiger partial charge is 0.482 e. The van der Waals surface area contributed by atoms with Crippen molar-refractivity contribution in [1.82, 2.24) is 10.4 Å². The molecule has 2 N–H and O–H groups in total. The van der Waals surface area contributed by atoms with Gasteiger partial charge in [0.05, 0.1) is 23.3 Å². The molecule has 1 aromatic heterocycles. The molecule has 0 radical (unpaired) electrons. The van der Waals surface area contributed by atoms with Crippen molar-refractivity contribution < 1.29 is 19.4 Å². The molecule has 1 aromatic carbocycles. The number of carboxylic acid groups (broad SMARTS) is 1. The zero-order valence-electron chi connectivity index (χ0n) is 12.4. The number of hydrogen-bond donors (Lipinski definition) is 2. The summed E-state index contributed by atoms with van der Waals surface area (Å²) in [5.74, 6) is -0.825. The molecule has 2 rings (SSSR count). The molecule has 0 aliphatic heterocycles. The van der Waals surface area contributed by atoms with Crippen molar-refractivity contribution in [2.75, 3.05) is 6.61 Å². The number of carbonyl (C=O) groups excluding carboxylic acids is 1. The third-order valence-corrected chi connectivity index (χ3v) is 3.48. The second kappa shape index (κ2) is 8.04. The van der Waals surface area contributed by atoms with Crippen molar-refractivity contribution in [3.63, 3.8) is 0 Å². The van der Waals surface area contributed by atoms with Crippen molar-refractivity contribution in [3.05, 3.63) is 45.9 Å². The van der Waals surface area contributed by atoms with Crippen LogP contribution in [0.2, 0.25) is 0 Å². The Bertz CT molecular complexity index is 710. The van der Waals surface area contributed by atoms with Gasteiger partial charge in [0.2, 0.25) is 5.91 Å². The van der Waals surface area contributed by atoms with Crippen molar-refractivity contribution in [2.45, 2.75) is 13.3 Å². The fourth-order valence-electron chi connectivity index (χ4n) is 1.67. The lowest BCUT2D eigenvalue weighted by Gasteiger charge is -2.02. The number of aliphatic carboxylic acids is 1. The van der Waals surface area contributed by atoms with Crippen LogP contribution in [0.1, 0.15) is 16.3 Å². The van der Waals surface area contributed by atoms with Gasteiger partial charge in [-0.25, -0.2) is 15.2 Å². The molecule has 0 saturated heterocycles. The molecule has 0 saturated carbocycles. The lowest BCUT2D eigenvalue weighted by atomic mass is 10.2. The highest BCUT2D eigenvalue weighted by atomic mass is 32.1. The van der Waals surface area contributed by atoms with E-state index in [9.17, 15) is 9.59 Å². The van der Waals surface area contributed by atoms with E-state index in [1.807, 2.05) is 12.3 Å². The van der Waals surface area contributed by atoms with Crippen molar-refractivity contribution >= 4 is 29.4 Å². The van der Waals surface area contributed by atoms with Crippen LogP contribution in [0.5, 0.6) is 5.75 Å². The number of hydrazone groups is 1. The Morgan fingerprint density at radius 1 is 1.39 bits per heavy atom. The Kier molecular flexibility index (Phi) is 5.81. The molecular formula is C15H15N3O4S. The Hall–Kier alpha value is -2.74. The van der Waals surface area contributed by atoms with E-state index in [4.69, 9.17) is 9.84 Å². The summed E-state index contributed by atoms with van der Waals surface area (Å²) in [6.07, 6.45) is 1.68. The molecule has 0 spiro atoms. The number of carbonyl (C=O) groups is 2. The maximum Gasteiger partial charge on any atom is 0.341 e. The molecule has 8 heteroatoms. The van der Waals surface area contributed by atoms with Gasteiger partial charge in [0.1, 0.15) is 5.75 Å². The highest BCUT2D eigenvalue weighted by Gasteiger charge is 2.05. The number of thiazole rings is 1. The van der Waals surface area contributed by atoms with E-state index in [0.29, 0.717) is 5.75 Å². The molecular weight excluding hydrogens is 318 g/mol. The summed E-state index contributed by atoms with van der Waals surface area (Å²) < 4.78 is 5.01. The highest BCUT2D eigenvalue weighted by molar-refractivity contribution is 7.09. The molecule has 0 atom stereocenters. The van der Waals surface area contributed by atoms with E-state index >= 15 is 0 Å². The Morgan fingerprint density at radius 2 is 2.13 bits per heavy atom. The molecule has 120 valence electrons. The van der Waals surface area contributed by atoms with Crippen LogP contribution in [0.4, 0.5) is 0 Å². The lowest BCUT2D eigenvalue weighted by molar-refractivity contribution is -0.139. The minimum Gasteiger partial charge on any atom is -0.482 e. The fraction of sp³-hybridized carbons (Fsp3) is 0.200. The monoisotopic (exact) mass is 333 g/mol. The van der Waals surface area contributed by atoms with Crippen LogP contribution in [-0.4, -0.2) is 34.8 Å². The number of amides is 1. The number of rotatable bonds is 7. The summed E-state index contributed by atoms with van der Waals surface area (Å²) in [6.45, 7) is 1.49. The normalized spacial score (nSPS) is 10.7. The molecule has 0 unspecified atom stereocenters. The molecule has 1 heterocycles. The minimum absolute atomic E-state index is 0.184. The number of carboxylic acids is 1. The van der Waals surface area contributed by atoms with Gasteiger partial charge in [0.25, 0.3) is 0 Å². The van der Waals surface area contributed by atoms with E-state index in [-0.39, 0.29) is 18.9 Å². The van der Waals surface area contributed by atoms with Crippen LogP contribution < -0.4 is 10.2 Å². The number of hydrogen-bond acceptors (Lipinski definition) is 6. The molecule has 1 amide bonds. The van der Waals surface area contributed by atoms with E-state index in [2.05, 4.69) is 15.5 Å². The van der Waals surface area contributed by atoms with Gasteiger partial charge in [-0.3, -0.25) is 4.79 Å². The topological polar surface area (TPSA) is 101 Å². The third kappa shape index (κ3) is 5.87. The summed E-state index contributed by atoms with van der Waals surface area (Å²) in [4.78, 5) is 26.3. The summed E-state index contributed by atoms with van der Waals surface area (Å²) >= 11 is 1.50. The number of aromatic nitrogens is 1. The van der Waals surface area contributed by atoms with Gasteiger partial charge in [0.15, 0.2) is 6.61 Å². The van der Waals surface area contributed by atoms with Crippen LogP contribution in [0, 0.1) is 6.92 Å². The standard InChI is InChI=1S/C15H15N3O4S/c1-10-17-12(9-23-10)6-14(19)18-16-7-11-2-4-13(5-3-11)22-8-15(20)21/h2-5,7,9H,6,8H2,1H3,(H,18,19)(H,20,21)/b16-7-. The third-order valence-electron chi connectivity index (χ3n) is 2.65. The van der Waals surface area contributed by atoms with Gasteiger partial charge in [-0.1, -0.05) is 0 Å². The van der Waals surface area contributed by atoms with Gasteiger partial charge >= 0.3 is 5.97 Å².